The van der Waals surface area contributed by atoms with Crippen molar-refractivity contribution in [3.63, 3.8) is 0 Å². The molecule has 2 heterocycles. The Morgan fingerprint density at radius 2 is 1.90 bits per heavy atom. The molecule has 0 radical (unpaired) electrons. The maximum absolute atomic E-state index is 10.9. The Morgan fingerprint density at radius 3 is 2.57 bits per heavy atom. The number of nitrogens with two attached hydrogens (primary N) is 1. The zero-order valence-corrected chi connectivity index (χ0v) is 12.9. The molecule has 0 atom stereocenters. The first-order chi connectivity index (χ1) is 9.94. The van der Waals surface area contributed by atoms with Crippen molar-refractivity contribution in [2.24, 2.45) is 0 Å². The van der Waals surface area contributed by atoms with Crippen LogP contribution in [0.1, 0.15) is 19.3 Å². The number of anilines is 3. The Hall–Kier alpha value is -1.68. The largest absolute Gasteiger partial charge is 0.368 e. The van der Waals surface area contributed by atoms with Gasteiger partial charge in [0, 0.05) is 26.2 Å². The second-order valence-corrected chi connectivity index (χ2v) is 6.79. The molecule has 0 aromatic carbocycles. The van der Waals surface area contributed by atoms with Crippen molar-refractivity contribution >= 4 is 27.9 Å². The van der Waals surface area contributed by atoms with Crippen LogP contribution in [0.3, 0.4) is 0 Å². The fraction of sp³-hybridized carbons (Fsp3) is 0.727. The molecule has 1 aliphatic rings. The fourth-order valence-corrected chi connectivity index (χ4v) is 2.58. The molecule has 0 amide bonds. The predicted octanol–water partition coefficient (Wildman–Crippen LogP) is -0.595. The number of hydrogen-bond donors (Lipinski definition) is 3. The molecule has 0 unspecified atom stereocenters. The lowest BCUT2D eigenvalue weighted by Crippen LogP contribution is -2.25. The average Bonchev–Trinajstić information content (AvgIpc) is 2.90. The topological polar surface area (TPSA) is 126 Å². The Bertz CT molecular complexity index is 572. The van der Waals surface area contributed by atoms with E-state index in [0.29, 0.717) is 31.4 Å². The fourth-order valence-electron chi connectivity index (χ4n) is 2.06. The second-order valence-electron chi connectivity index (χ2n) is 4.96. The standard InChI is InChI=1S/C11H21N7O2S/c1-21(19,20)14-6-4-5-13-10-15-9(12)16-11(17-10)18-7-2-3-8-18/h14H,2-8H2,1H3,(H3,12,13,15,16,17). The second kappa shape index (κ2) is 6.85. The number of nitrogen functional groups attached to an aromatic ring is 1. The van der Waals surface area contributed by atoms with Gasteiger partial charge in [0.25, 0.3) is 0 Å². The molecule has 0 saturated carbocycles. The zero-order valence-electron chi connectivity index (χ0n) is 12.0. The van der Waals surface area contributed by atoms with E-state index in [1.807, 2.05) is 0 Å². The molecule has 4 N–H and O–H groups in total. The Morgan fingerprint density at radius 1 is 1.19 bits per heavy atom. The van der Waals surface area contributed by atoms with E-state index in [9.17, 15) is 8.42 Å². The van der Waals surface area contributed by atoms with E-state index in [0.717, 1.165) is 32.2 Å². The minimum atomic E-state index is -3.14. The first kappa shape index (κ1) is 15.7. The number of sulfonamides is 1. The third-order valence-corrected chi connectivity index (χ3v) is 3.76. The van der Waals surface area contributed by atoms with Crippen molar-refractivity contribution in [2.45, 2.75) is 19.3 Å². The van der Waals surface area contributed by atoms with E-state index in [1.165, 1.54) is 0 Å². The van der Waals surface area contributed by atoms with Gasteiger partial charge in [0.05, 0.1) is 6.26 Å². The van der Waals surface area contributed by atoms with Gasteiger partial charge in [-0.1, -0.05) is 0 Å². The normalized spacial score (nSPS) is 15.4. The quantitative estimate of drug-likeness (QED) is 0.570. The van der Waals surface area contributed by atoms with Gasteiger partial charge in [-0.15, -0.1) is 0 Å². The maximum atomic E-state index is 10.9. The molecule has 1 aliphatic heterocycles. The molecule has 9 nitrogen and oxygen atoms in total. The third-order valence-electron chi connectivity index (χ3n) is 3.03. The average molecular weight is 315 g/mol. The summed E-state index contributed by atoms with van der Waals surface area (Å²) in [5, 5.41) is 3.03. The minimum Gasteiger partial charge on any atom is -0.368 e. The van der Waals surface area contributed by atoms with Gasteiger partial charge < -0.3 is 16.0 Å². The van der Waals surface area contributed by atoms with Crippen LogP contribution >= 0.6 is 0 Å². The molecule has 0 bridgehead atoms. The van der Waals surface area contributed by atoms with Crippen molar-refractivity contribution < 1.29 is 8.42 Å². The molecule has 21 heavy (non-hydrogen) atoms. The van der Waals surface area contributed by atoms with E-state index >= 15 is 0 Å². The van der Waals surface area contributed by atoms with E-state index in [-0.39, 0.29) is 5.95 Å². The summed E-state index contributed by atoms with van der Waals surface area (Å²) in [5.74, 6) is 1.20. The van der Waals surface area contributed by atoms with Crippen LogP contribution in [0.25, 0.3) is 0 Å². The highest BCUT2D eigenvalue weighted by molar-refractivity contribution is 7.88. The molecule has 1 aromatic rings. The van der Waals surface area contributed by atoms with Crippen LogP contribution in [0, 0.1) is 0 Å². The number of aromatic nitrogens is 3. The number of nitrogens with one attached hydrogen (secondary N) is 2. The predicted molar refractivity (Wildman–Crippen MR) is 81.6 cm³/mol. The van der Waals surface area contributed by atoms with Gasteiger partial charge in [-0.3, -0.25) is 0 Å². The van der Waals surface area contributed by atoms with E-state index in [4.69, 9.17) is 5.73 Å². The number of rotatable bonds is 7. The molecule has 10 heteroatoms. The van der Waals surface area contributed by atoms with Crippen LogP contribution in [0.4, 0.5) is 17.8 Å². The number of hydrogen-bond acceptors (Lipinski definition) is 8. The third kappa shape index (κ3) is 5.31. The molecule has 1 fully saturated rings. The maximum Gasteiger partial charge on any atom is 0.231 e. The highest BCUT2D eigenvalue weighted by Crippen LogP contribution is 2.17. The lowest BCUT2D eigenvalue weighted by Gasteiger charge is -2.16. The summed E-state index contributed by atoms with van der Waals surface area (Å²) >= 11 is 0. The van der Waals surface area contributed by atoms with Crippen molar-refractivity contribution in [2.75, 3.05) is 48.4 Å². The van der Waals surface area contributed by atoms with Crippen LogP contribution in [-0.4, -0.2) is 55.8 Å². The first-order valence-corrected chi connectivity index (χ1v) is 8.78. The number of nitrogens with zero attached hydrogens (tertiary/aromatic N) is 4. The van der Waals surface area contributed by atoms with Gasteiger partial charge >= 0.3 is 0 Å². The first-order valence-electron chi connectivity index (χ1n) is 6.89. The molecule has 1 saturated heterocycles. The summed E-state index contributed by atoms with van der Waals surface area (Å²) in [7, 11) is -3.14. The van der Waals surface area contributed by atoms with Gasteiger partial charge in [0.2, 0.25) is 27.9 Å². The van der Waals surface area contributed by atoms with Crippen molar-refractivity contribution in [3.05, 3.63) is 0 Å². The molecule has 2 rings (SSSR count). The zero-order chi connectivity index (χ0) is 15.3. The minimum absolute atomic E-state index is 0.184. The van der Waals surface area contributed by atoms with Crippen LogP contribution < -0.4 is 20.7 Å². The summed E-state index contributed by atoms with van der Waals surface area (Å²) in [6.07, 6.45) is 4.02. The molecular formula is C11H21N7O2S. The lowest BCUT2D eigenvalue weighted by atomic mass is 10.4. The Kier molecular flexibility index (Phi) is 5.12. The van der Waals surface area contributed by atoms with Crippen molar-refractivity contribution in [1.29, 1.82) is 0 Å². The van der Waals surface area contributed by atoms with Crippen LogP contribution in [0.5, 0.6) is 0 Å². The van der Waals surface area contributed by atoms with E-state index < -0.39 is 10.0 Å². The summed E-state index contributed by atoms with van der Waals surface area (Å²) in [6, 6.07) is 0. The summed E-state index contributed by atoms with van der Waals surface area (Å²) in [4.78, 5) is 14.6. The van der Waals surface area contributed by atoms with Crippen LogP contribution in [-0.2, 0) is 10.0 Å². The summed E-state index contributed by atoms with van der Waals surface area (Å²) in [5.41, 5.74) is 5.69. The van der Waals surface area contributed by atoms with Crippen LogP contribution in [0.15, 0.2) is 0 Å². The van der Waals surface area contributed by atoms with Crippen molar-refractivity contribution in [3.8, 4) is 0 Å². The highest BCUT2D eigenvalue weighted by atomic mass is 32.2. The van der Waals surface area contributed by atoms with Gasteiger partial charge in [-0.25, -0.2) is 13.1 Å². The van der Waals surface area contributed by atoms with Gasteiger partial charge in [0.1, 0.15) is 0 Å². The van der Waals surface area contributed by atoms with Gasteiger partial charge in [0.15, 0.2) is 0 Å². The monoisotopic (exact) mass is 315 g/mol. The Labute approximate surface area is 124 Å². The lowest BCUT2D eigenvalue weighted by molar-refractivity contribution is 0.586. The van der Waals surface area contributed by atoms with E-state index in [1.54, 1.807) is 0 Å². The molecule has 1 aromatic heterocycles. The molecule has 118 valence electrons. The smallest absolute Gasteiger partial charge is 0.231 e. The molecule has 0 spiro atoms. The van der Waals surface area contributed by atoms with Crippen molar-refractivity contribution in [1.82, 2.24) is 19.7 Å². The SMILES string of the molecule is CS(=O)(=O)NCCCNc1nc(N)nc(N2CCCC2)n1. The van der Waals surface area contributed by atoms with Gasteiger partial charge in [-0.2, -0.15) is 15.0 Å². The van der Waals surface area contributed by atoms with Crippen LogP contribution in [0.2, 0.25) is 0 Å². The molecule has 0 aliphatic carbocycles. The summed E-state index contributed by atoms with van der Waals surface area (Å²) in [6.45, 7) is 2.78. The molecular weight excluding hydrogens is 294 g/mol. The highest BCUT2D eigenvalue weighted by Gasteiger charge is 2.16. The van der Waals surface area contributed by atoms with E-state index in [2.05, 4.69) is 29.9 Å². The Balaban J connectivity index is 1.85. The summed E-state index contributed by atoms with van der Waals surface area (Å²) < 4.78 is 24.3. The van der Waals surface area contributed by atoms with Gasteiger partial charge in [-0.05, 0) is 19.3 Å².